The summed E-state index contributed by atoms with van der Waals surface area (Å²) in [5, 5.41) is 0. The van der Waals surface area contributed by atoms with Crippen molar-refractivity contribution >= 4 is 11.9 Å². The van der Waals surface area contributed by atoms with Crippen molar-refractivity contribution in [3.63, 3.8) is 0 Å². The zero-order valence-electron chi connectivity index (χ0n) is 10.3. The minimum Gasteiger partial charge on any atom is -0.458 e. The SMILES string of the molecule is CC(=O)OC(C(=O)OCc1ccccc1)C1CC1. The summed E-state index contributed by atoms with van der Waals surface area (Å²) in [4.78, 5) is 22.8. The van der Waals surface area contributed by atoms with Crippen molar-refractivity contribution in [3.8, 4) is 0 Å². The third kappa shape index (κ3) is 3.58. The highest BCUT2D eigenvalue weighted by Crippen LogP contribution is 2.35. The highest BCUT2D eigenvalue weighted by molar-refractivity contribution is 5.79. The smallest absolute Gasteiger partial charge is 0.348 e. The summed E-state index contributed by atoms with van der Waals surface area (Å²) in [6.45, 7) is 1.52. The normalized spacial score (nSPS) is 15.8. The first-order valence-electron chi connectivity index (χ1n) is 6.04. The molecule has 0 amide bonds. The number of rotatable bonds is 5. The van der Waals surface area contributed by atoms with Gasteiger partial charge in [0.05, 0.1) is 0 Å². The summed E-state index contributed by atoms with van der Waals surface area (Å²) in [5.41, 5.74) is 0.920. The molecule has 2 rings (SSSR count). The number of carbonyl (C=O) groups excluding carboxylic acids is 2. The molecule has 0 aliphatic heterocycles. The van der Waals surface area contributed by atoms with Gasteiger partial charge in [0.2, 0.25) is 6.10 Å². The second-order valence-corrected chi connectivity index (χ2v) is 4.46. The summed E-state index contributed by atoms with van der Waals surface area (Å²) in [6, 6.07) is 9.43. The number of esters is 2. The molecule has 1 fully saturated rings. The van der Waals surface area contributed by atoms with Crippen LogP contribution in [0.4, 0.5) is 0 Å². The molecule has 1 aliphatic carbocycles. The second-order valence-electron chi connectivity index (χ2n) is 4.46. The van der Waals surface area contributed by atoms with Crippen molar-refractivity contribution in [2.24, 2.45) is 5.92 Å². The highest BCUT2D eigenvalue weighted by Gasteiger charge is 2.39. The number of carbonyl (C=O) groups is 2. The molecule has 1 unspecified atom stereocenters. The van der Waals surface area contributed by atoms with E-state index in [1.165, 1.54) is 6.92 Å². The molecule has 1 aliphatic rings. The maximum Gasteiger partial charge on any atom is 0.348 e. The Morgan fingerprint density at radius 2 is 1.94 bits per heavy atom. The summed E-state index contributed by atoms with van der Waals surface area (Å²) < 4.78 is 10.2. The largest absolute Gasteiger partial charge is 0.458 e. The Morgan fingerprint density at radius 1 is 1.28 bits per heavy atom. The van der Waals surface area contributed by atoms with Crippen molar-refractivity contribution in [2.45, 2.75) is 32.5 Å². The Bertz CT molecular complexity index is 423. The number of hydrogen-bond donors (Lipinski definition) is 0. The number of hydrogen-bond acceptors (Lipinski definition) is 4. The van der Waals surface area contributed by atoms with Crippen LogP contribution < -0.4 is 0 Å². The van der Waals surface area contributed by atoms with Gasteiger partial charge in [-0.2, -0.15) is 0 Å². The molecule has 96 valence electrons. The predicted molar refractivity (Wildman–Crippen MR) is 64.5 cm³/mol. The Labute approximate surface area is 106 Å². The Morgan fingerprint density at radius 3 is 2.50 bits per heavy atom. The van der Waals surface area contributed by atoms with E-state index < -0.39 is 18.0 Å². The van der Waals surface area contributed by atoms with Gasteiger partial charge in [0.1, 0.15) is 6.61 Å². The minimum absolute atomic E-state index is 0.136. The molecular weight excluding hydrogens is 232 g/mol. The lowest BCUT2D eigenvalue weighted by Gasteiger charge is -2.15. The first-order chi connectivity index (χ1) is 8.66. The Balaban J connectivity index is 1.87. The van der Waals surface area contributed by atoms with Gasteiger partial charge in [-0.25, -0.2) is 4.79 Å². The molecule has 1 aromatic carbocycles. The van der Waals surface area contributed by atoms with E-state index in [4.69, 9.17) is 9.47 Å². The molecule has 0 saturated heterocycles. The third-order valence-corrected chi connectivity index (χ3v) is 2.80. The lowest BCUT2D eigenvalue weighted by molar-refractivity contribution is -0.169. The topological polar surface area (TPSA) is 52.6 Å². The standard InChI is InChI=1S/C14H16O4/c1-10(15)18-13(12-7-8-12)14(16)17-9-11-5-3-2-4-6-11/h2-6,12-13H,7-9H2,1H3. The van der Waals surface area contributed by atoms with E-state index >= 15 is 0 Å². The van der Waals surface area contributed by atoms with Crippen molar-refractivity contribution in [1.29, 1.82) is 0 Å². The molecule has 0 aromatic heterocycles. The zero-order valence-corrected chi connectivity index (χ0v) is 10.3. The number of benzene rings is 1. The van der Waals surface area contributed by atoms with E-state index in [0.29, 0.717) is 0 Å². The van der Waals surface area contributed by atoms with Gasteiger partial charge in [-0.15, -0.1) is 0 Å². The Kier molecular flexibility index (Phi) is 3.97. The Hall–Kier alpha value is -1.84. The molecule has 18 heavy (non-hydrogen) atoms. The van der Waals surface area contributed by atoms with Crippen molar-refractivity contribution in [2.75, 3.05) is 0 Å². The molecule has 1 atom stereocenters. The van der Waals surface area contributed by atoms with E-state index in [1.807, 2.05) is 30.3 Å². The average molecular weight is 248 g/mol. The van der Waals surface area contributed by atoms with Crippen LogP contribution in [0.1, 0.15) is 25.3 Å². The van der Waals surface area contributed by atoms with Crippen LogP contribution in [0.2, 0.25) is 0 Å². The average Bonchev–Trinajstić information content (AvgIpc) is 3.18. The van der Waals surface area contributed by atoms with Gasteiger partial charge < -0.3 is 9.47 Å². The molecule has 0 bridgehead atoms. The molecule has 0 radical (unpaired) electrons. The fraction of sp³-hybridized carbons (Fsp3) is 0.429. The van der Waals surface area contributed by atoms with Crippen LogP contribution in [0, 0.1) is 5.92 Å². The molecule has 4 heteroatoms. The summed E-state index contributed by atoms with van der Waals surface area (Å²) in [5.74, 6) is -0.753. The summed E-state index contributed by atoms with van der Waals surface area (Å²) in [7, 11) is 0. The van der Waals surface area contributed by atoms with Gasteiger partial charge in [-0.05, 0) is 18.4 Å². The highest BCUT2D eigenvalue weighted by atomic mass is 16.6. The lowest BCUT2D eigenvalue weighted by atomic mass is 10.2. The second kappa shape index (κ2) is 5.67. The van der Waals surface area contributed by atoms with Gasteiger partial charge in [-0.1, -0.05) is 30.3 Å². The van der Waals surface area contributed by atoms with Crippen LogP contribution in [0.5, 0.6) is 0 Å². The van der Waals surface area contributed by atoms with Gasteiger partial charge in [-0.3, -0.25) is 4.79 Å². The molecule has 0 spiro atoms. The molecular formula is C14H16O4. The van der Waals surface area contributed by atoms with Crippen molar-refractivity contribution in [1.82, 2.24) is 0 Å². The van der Waals surface area contributed by atoms with Crippen LogP contribution >= 0.6 is 0 Å². The van der Waals surface area contributed by atoms with Crippen LogP contribution in [0.3, 0.4) is 0 Å². The van der Waals surface area contributed by atoms with E-state index in [2.05, 4.69) is 0 Å². The molecule has 1 saturated carbocycles. The van der Waals surface area contributed by atoms with Gasteiger partial charge in [0.15, 0.2) is 0 Å². The lowest BCUT2D eigenvalue weighted by Crippen LogP contribution is -2.30. The van der Waals surface area contributed by atoms with Gasteiger partial charge in [0.25, 0.3) is 0 Å². The predicted octanol–water partition coefficient (Wildman–Crippen LogP) is 2.07. The van der Waals surface area contributed by atoms with E-state index in [1.54, 1.807) is 0 Å². The molecule has 0 N–H and O–H groups in total. The van der Waals surface area contributed by atoms with Crippen LogP contribution in [0.25, 0.3) is 0 Å². The molecule has 0 heterocycles. The monoisotopic (exact) mass is 248 g/mol. The van der Waals surface area contributed by atoms with Gasteiger partial charge in [0, 0.05) is 12.8 Å². The minimum atomic E-state index is -0.730. The fourth-order valence-electron chi connectivity index (χ4n) is 1.73. The van der Waals surface area contributed by atoms with Crippen LogP contribution in [0.15, 0.2) is 30.3 Å². The quantitative estimate of drug-likeness (QED) is 0.748. The van der Waals surface area contributed by atoms with Crippen LogP contribution in [-0.4, -0.2) is 18.0 Å². The van der Waals surface area contributed by atoms with E-state index in [9.17, 15) is 9.59 Å². The molecule has 1 aromatic rings. The summed E-state index contributed by atoms with van der Waals surface area (Å²) in [6.07, 6.45) is 1.10. The maximum atomic E-state index is 11.8. The first kappa shape index (κ1) is 12.6. The van der Waals surface area contributed by atoms with Gasteiger partial charge >= 0.3 is 11.9 Å². The third-order valence-electron chi connectivity index (χ3n) is 2.80. The summed E-state index contributed by atoms with van der Waals surface area (Å²) >= 11 is 0. The van der Waals surface area contributed by atoms with Crippen molar-refractivity contribution < 1.29 is 19.1 Å². The fourth-order valence-corrected chi connectivity index (χ4v) is 1.73. The maximum absolute atomic E-state index is 11.8. The van der Waals surface area contributed by atoms with E-state index in [0.717, 1.165) is 18.4 Å². The van der Waals surface area contributed by atoms with Crippen LogP contribution in [-0.2, 0) is 25.7 Å². The molecule has 4 nitrogen and oxygen atoms in total. The van der Waals surface area contributed by atoms with E-state index in [-0.39, 0.29) is 12.5 Å². The number of ether oxygens (including phenoxy) is 2. The first-order valence-corrected chi connectivity index (χ1v) is 6.04. The van der Waals surface area contributed by atoms with Crippen molar-refractivity contribution in [3.05, 3.63) is 35.9 Å². The zero-order chi connectivity index (χ0) is 13.0.